The van der Waals surface area contributed by atoms with E-state index in [4.69, 9.17) is 0 Å². The highest BCUT2D eigenvalue weighted by Gasteiger charge is 2.10. The zero-order valence-electron chi connectivity index (χ0n) is 12.7. The minimum Gasteiger partial charge on any atom is -0.354 e. The van der Waals surface area contributed by atoms with E-state index in [0.717, 1.165) is 23.0 Å². The number of benzene rings is 2. The van der Waals surface area contributed by atoms with Crippen molar-refractivity contribution in [3.63, 3.8) is 0 Å². The van der Waals surface area contributed by atoms with E-state index in [1.165, 1.54) is 29.0 Å². The molecule has 0 saturated carbocycles. The minimum atomic E-state index is -0.202. The fraction of sp³-hybridized carbons (Fsp3) is 0.111. The van der Waals surface area contributed by atoms with Gasteiger partial charge in [-0.3, -0.25) is 4.79 Å². The number of para-hydroxylation sites is 1. The number of amides is 1. The maximum absolute atomic E-state index is 12.1. The SMILES string of the molecule is CCc1cccc2c1[nH]c1cc(NC(=O)c3cnc[nH]3)ccc12. The summed E-state index contributed by atoms with van der Waals surface area (Å²) in [6.45, 7) is 2.15. The van der Waals surface area contributed by atoms with E-state index in [0.29, 0.717) is 5.69 Å². The van der Waals surface area contributed by atoms with E-state index in [2.05, 4.69) is 45.4 Å². The third-order valence-electron chi connectivity index (χ3n) is 4.10. The second-order valence-electron chi connectivity index (χ2n) is 5.50. The molecule has 2 aromatic carbocycles. The molecule has 4 aromatic rings. The second kappa shape index (κ2) is 5.28. The van der Waals surface area contributed by atoms with Crippen molar-refractivity contribution in [2.45, 2.75) is 13.3 Å². The molecular formula is C18H16N4O. The topological polar surface area (TPSA) is 73.6 Å². The predicted octanol–water partition coefficient (Wildman–Crippen LogP) is 3.86. The monoisotopic (exact) mass is 304 g/mol. The summed E-state index contributed by atoms with van der Waals surface area (Å²) in [7, 11) is 0. The Hall–Kier alpha value is -3.08. The van der Waals surface area contributed by atoms with Crippen LogP contribution in [0.5, 0.6) is 0 Å². The molecule has 0 atom stereocenters. The van der Waals surface area contributed by atoms with Crippen LogP contribution in [0.3, 0.4) is 0 Å². The van der Waals surface area contributed by atoms with Gasteiger partial charge in [0.05, 0.1) is 12.5 Å². The number of nitrogens with one attached hydrogen (secondary N) is 3. The number of rotatable bonds is 3. The average molecular weight is 304 g/mol. The van der Waals surface area contributed by atoms with Gasteiger partial charge in [-0.25, -0.2) is 4.98 Å². The Morgan fingerprint density at radius 1 is 1.22 bits per heavy atom. The molecule has 23 heavy (non-hydrogen) atoms. The maximum Gasteiger partial charge on any atom is 0.273 e. The molecule has 2 heterocycles. The molecule has 0 aliphatic rings. The van der Waals surface area contributed by atoms with Crippen LogP contribution in [0.2, 0.25) is 0 Å². The number of carbonyl (C=O) groups is 1. The van der Waals surface area contributed by atoms with E-state index in [1.54, 1.807) is 0 Å². The molecular weight excluding hydrogens is 288 g/mol. The van der Waals surface area contributed by atoms with Gasteiger partial charge in [-0.2, -0.15) is 0 Å². The third kappa shape index (κ3) is 2.26. The highest BCUT2D eigenvalue weighted by atomic mass is 16.1. The molecule has 0 fully saturated rings. The van der Waals surface area contributed by atoms with E-state index >= 15 is 0 Å². The summed E-state index contributed by atoms with van der Waals surface area (Å²) >= 11 is 0. The number of aryl methyl sites for hydroxylation is 1. The van der Waals surface area contributed by atoms with E-state index in [9.17, 15) is 4.79 Å². The summed E-state index contributed by atoms with van der Waals surface area (Å²) in [6, 6.07) is 12.3. The number of fused-ring (bicyclic) bond motifs is 3. The summed E-state index contributed by atoms with van der Waals surface area (Å²) in [5.74, 6) is -0.202. The molecule has 0 unspecified atom stereocenters. The number of aromatic nitrogens is 3. The van der Waals surface area contributed by atoms with E-state index < -0.39 is 0 Å². The summed E-state index contributed by atoms with van der Waals surface area (Å²) in [5, 5.41) is 5.25. The van der Waals surface area contributed by atoms with Crippen LogP contribution in [0.1, 0.15) is 23.0 Å². The summed E-state index contributed by atoms with van der Waals surface area (Å²) in [4.78, 5) is 22.2. The Morgan fingerprint density at radius 3 is 2.91 bits per heavy atom. The number of H-pyrrole nitrogens is 2. The van der Waals surface area contributed by atoms with Crippen molar-refractivity contribution in [1.82, 2.24) is 15.0 Å². The normalized spacial score (nSPS) is 11.2. The lowest BCUT2D eigenvalue weighted by Crippen LogP contribution is -2.12. The van der Waals surface area contributed by atoms with Crippen LogP contribution in [0.4, 0.5) is 5.69 Å². The number of hydrogen-bond donors (Lipinski definition) is 3. The number of imidazole rings is 1. The van der Waals surface area contributed by atoms with Gasteiger partial charge in [0.15, 0.2) is 0 Å². The Labute approximate surface area is 132 Å². The van der Waals surface area contributed by atoms with Crippen molar-refractivity contribution in [3.05, 3.63) is 60.2 Å². The zero-order valence-corrected chi connectivity index (χ0v) is 12.7. The number of hydrogen-bond acceptors (Lipinski definition) is 2. The van der Waals surface area contributed by atoms with Crippen molar-refractivity contribution in [2.24, 2.45) is 0 Å². The standard InChI is InChI=1S/C18H16N4O/c1-2-11-4-3-5-14-13-7-6-12(8-15(13)22-17(11)14)21-18(23)16-9-19-10-20-16/h3-10,22H,2H2,1H3,(H,19,20)(H,21,23). The molecule has 0 saturated heterocycles. The smallest absolute Gasteiger partial charge is 0.273 e. The van der Waals surface area contributed by atoms with Gasteiger partial charge in [-0.1, -0.05) is 31.2 Å². The highest BCUT2D eigenvalue weighted by Crippen LogP contribution is 2.29. The number of aromatic amines is 2. The van der Waals surface area contributed by atoms with E-state index in [-0.39, 0.29) is 5.91 Å². The van der Waals surface area contributed by atoms with Gasteiger partial charge in [0.1, 0.15) is 5.69 Å². The van der Waals surface area contributed by atoms with Crippen molar-refractivity contribution in [1.29, 1.82) is 0 Å². The molecule has 0 aliphatic carbocycles. The molecule has 5 nitrogen and oxygen atoms in total. The molecule has 3 N–H and O–H groups in total. The third-order valence-corrected chi connectivity index (χ3v) is 4.10. The van der Waals surface area contributed by atoms with Gasteiger partial charge in [0, 0.05) is 27.5 Å². The Balaban J connectivity index is 1.76. The highest BCUT2D eigenvalue weighted by molar-refractivity contribution is 6.10. The molecule has 5 heteroatoms. The van der Waals surface area contributed by atoms with Crippen molar-refractivity contribution in [3.8, 4) is 0 Å². The first-order chi connectivity index (χ1) is 11.3. The first-order valence-corrected chi connectivity index (χ1v) is 7.59. The van der Waals surface area contributed by atoms with Gasteiger partial charge >= 0.3 is 0 Å². The van der Waals surface area contributed by atoms with Gasteiger partial charge in [0.2, 0.25) is 0 Å². The Morgan fingerprint density at radius 2 is 2.13 bits per heavy atom. The quantitative estimate of drug-likeness (QED) is 0.537. The molecule has 0 aliphatic heterocycles. The van der Waals surface area contributed by atoms with Crippen LogP contribution < -0.4 is 5.32 Å². The van der Waals surface area contributed by atoms with Crippen LogP contribution >= 0.6 is 0 Å². The lowest BCUT2D eigenvalue weighted by Gasteiger charge is -2.03. The van der Waals surface area contributed by atoms with Crippen molar-refractivity contribution in [2.75, 3.05) is 5.32 Å². The number of nitrogens with zero attached hydrogens (tertiary/aromatic N) is 1. The summed E-state index contributed by atoms with van der Waals surface area (Å²) in [6.07, 6.45) is 3.97. The molecule has 0 spiro atoms. The lowest BCUT2D eigenvalue weighted by molar-refractivity contribution is 0.102. The minimum absolute atomic E-state index is 0.202. The first-order valence-electron chi connectivity index (χ1n) is 7.59. The molecule has 0 radical (unpaired) electrons. The second-order valence-corrected chi connectivity index (χ2v) is 5.50. The largest absolute Gasteiger partial charge is 0.354 e. The molecule has 1 amide bonds. The van der Waals surface area contributed by atoms with Crippen molar-refractivity contribution < 1.29 is 4.79 Å². The summed E-state index contributed by atoms with van der Waals surface area (Å²) in [5.41, 5.74) is 4.67. The summed E-state index contributed by atoms with van der Waals surface area (Å²) < 4.78 is 0. The zero-order chi connectivity index (χ0) is 15.8. The predicted molar refractivity (Wildman–Crippen MR) is 91.7 cm³/mol. The van der Waals surface area contributed by atoms with Crippen LogP contribution in [0.15, 0.2) is 48.9 Å². The van der Waals surface area contributed by atoms with Crippen LogP contribution in [0.25, 0.3) is 21.8 Å². The Bertz CT molecular complexity index is 999. The number of carbonyl (C=O) groups excluding carboxylic acids is 1. The van der Waals surface area contributed by atoms with Crippen LogP contribution in [0, 0.1) is 0 Å². The maximum atomic E-state index is 12.1. The van der Waals surface area contributed by atoms with E-state index in [1.807, 2.05) is 18.2 Å². The van der Waals surface area contributed by atoms with Gasteiger partial charge < -0.3 is 15.3 Å². The molecule has 0 bridgehead atoms. The van der Waals surface area contributed by atoms with Crippen molar-refractivity contribution >= 4 is 33.4 Å². The fourth-order valence-corrected chi connectivity index (χ4v) is 2.94. The molecule has 2 aromatic heterocycles. The fourth-order valence-electron chi connectivity index (χ4n) is 2.94. The Kier molecular flexibility index (Phi) is 3.12. The average Bonchev–Trinajstić information content (AvgIpc) is 3.21. The first kappa shape index (κ1) is 13.6. The van der Waals surface area contributed by atoms with Gasteiger partial charge in [-0.15, -0.1) is 0 Å². The van der Waals surface area contributed by atoms with Gasteiger partial charge in [-0.05, 0) is 24.1 Å². The molecule has 114 valence electrons. The van der Waals surface area contributed by atoms with Crippen LogP contribution in [-0.2, 0) is 6.42 Å². The molecule has 4 rings (SSSR count). The van der Waals surface area contributed by atoms with Gasteiger partial charge in [0.25, 0.3) is 5.91 Å². The lowest BCUT2D eigenvalue weighted by atomic mass is 10.1. The number of anilines is 1. The van der Waals surface area contributed by atoms with Crippen LogP contribution in [-0.4, -0.2) is 20.9 Å².